The minimum Gasteiger partial charge on any atom is -0.306 e. The molecule has 1 aromatic heterocycles. The Kier molecular flexibility index (Phi) is 7.96. The van der Waals surface area contributed by atoms with E-state index in [1.54, 1.807) is 0 Å². The van der Waals surface area contributed by atoms with E-state index >= 15 is 0 Å². The maximum atomic E-state index is 9.29. The van der Waals surface area contributed by atoms with Gasteiger partial charge in [0.1, 0.15) is 5.54 Å². The van der Waals surface area contributed by atoms with Gasteiger partial charge in [0.2, 0.25) is 0 Å². The van der Waals surface area contributed by atoms with Crippen molar-refractivity contribution < 1.29 is 0 Å². The Labute approximate surface area is 129 Å². The molecule has 1 atom stereocenters. The van der Waals surface area contributed by atoms with Crippen LogP contribution in [-0.4, -0.2) is 42.1 Å². The van der Waals surface area contributed by atoms with E-state index in [9.17, 15) is 5.26 Å². The van der Waals surface area contributed by atoms with Gasteiger partial charge in [0, 0.05) is 24.9 Å². The first kappa shape index (κ1) is 17.6. The Balaban J connectivity index is 2.23. The fraction of sp³-hybridized carbons (Fsp3) is 0.647. The van der Waals surface area contributed by atoms with Crippen LogP contribution < -0.4 is 5.32 Å². The molecule has 4 heteroatoms. The van der Waals surface area contributed by atoms with Gasteiger partial charge in [-0.25, -0.2) is 0 Å². The van der Waals surface area contributed by atoms with Crippen molar-refractivity contribution in [3.8, 4) is 6.07 Å². The molecule has 0 radical (unpaired) electrons. The van der Waals surface area contributed by atoms with Crippen molar-refractivity contribution in [1.82, 2.24) is 15.2 Å². The van der Waals surface area contributed by atoms with Gasteiger partial charge >= 0.3 is 0 Å². The molecule has 0 bridgehead atoms. The first-order chi connectivity index (χ1) is 10.1. The zero-order chi connectivity index (χ0) is 15.6. The molecule has 1 N–H and O–H groups in total. The molecule has 0 aliphatic carbocycles. The van der Waals surface area contributed by atoms with Crippen LogP contribution in [0.4, 0.5) is 0 Å². The molecule has 0 aromatic carbocycles. The third-order valence-electron chi connectivity index (χ3n) is 3.70. The summed E-state index contributed by atoms with van der Waals surface area (Å²) in [6.07, 6.45) is 5.78. The van der Waals surface area contributed by atoms with Crippen LogP contribution >= 0.6 is 0 Å². The molecule has 0 amide bonds. The summed E-state index contributed by atoms with van der Waals surface area (Å²) in [5, 5.41) is 12.6. The van der Waals surface area contributed by atoms with Gasteiger partial charge in [-0.2, -0.15) is 5.26 Å². The Morgan fingerprint density at radius 1 is 1.38 bits per heavy atom. The Morgan fingerprint density at radius 3 is 2.81 bits per heavy atom. The molecule has 1 heterocycles. The molecule has 1 unspecified atom stereocenters. The number of nitriles is 1. The summed E-state index contributed by atoms with van der Waals surface area (Å²) in [4.78, 5) is 6.65. The number of hydrogen-bond donors (Lipinski definition) is 1. The van der Waals surface area contributed by atoms with Crippen molar-refractivity contribution in [1.29, 1.82) is 5.26 Å². The van der Waals surface area contributed by atoms with E-state index in [4.69, 9.17) is 0 Å². The highest BCUT2D eigenvalue weighted by Gasteiger charge is 2.21. The number of likely N-dealkylation sites (N-methyl/N-ethyl adjacent to an activating group) is 1. The number of hydrogen-bond acceptors (Lipinski definition) is 4. The third-order valence-corrected chi connectivity index (χ3v) is 3.70. The lowest BCUT2D eigenvalue weighted by Crippen LogP contribution is -2.41. The highest BCUT2D eigenvalue weighted by atomic mass is 15.1. The zero-order valence-corrected chi connectivity index (χ0v) is 13.6. The van der Waals surface area contributed by atoms with Crippen LogP contribution in [0.2, 0.25) is 0 Å². The second-order valence-electron chi connectivity index (χ2n) is 5.85. The second-order valence-corrected chi connectivity index (χ2v) is 5.85. The molecule has 1 rings (SSSR count). The smallest absolute Gasteiger partial charge is 0.103 e. The van der Waals surface area contributed by atoms with Gasteiger partial charge in [0.25, 0.3) is 0 Å². The summed E-state index contributed by atoms with van der Waals surface area (Å²) in [5.74, 6) is 0. The Hall–Kier alpha value is -1.44. The highest BCUT2D eigenvalue weighted by molar-refractivity contribution is 5.04. The van der Waals surface area contributed by atoms with E-state index < -0.39 is 5.54 Å². The van der Waals surface area contributed by atoms with Crippen LogP contribution in [0.3, 0.4) is 0 Å². The SMILES string of the molecule is CCCNC(C)(C#N)CCCN(C)CCc1ccccn1. The van der Waals surface area contributed by atoms with Crippen LogP contribution in [0.15, 0.2) is 24.4 Å². The van der Waals surface area contributed by atoms with Gasteiger partial charge < -0.3 is 4.90 Å². The maximum absolute atomic E-state index is 9.29. The lowest BCUT2D eigenvalue weighted by molar-refractivity contribution is 0.306. The number of aromatic nitrogens is 1. The minimum absolute atomic E-state index is 0.391. The van der Waals surface area contributed by atoms with Crippen molar-refractivity contribution >= 4 is 0 Å². The number of pyridine rings is 1. The molecular weight excluding hydrogens is 260 g/mol. The van der Waals surface area contributed by atoms with Crippen LogP contribution in [0, 0.1) is 11.3 Å². The second kappa shape index (κ2) is 9.49. The largest absolute Gasteiger partial charge is 0.306 e. The number of rotatable bonds is 10. The van der Waals surface area contributed by atoms with E-state index in [2.05, 4.69) is 41.3 Å². The topological polar surface area (TPSA) is 52.0 Å². The first-order valence-electron chi connectivity index (χ1n) is 7.84. The Morgan fingerprint density at radius 2 is 2.19 bits per heavy atom. The maximum Gasteiger partial charge on any atom is 0.103 e. The minimum atomic E-state index is -0.391. The molecule has 1 aromatic rings. The van der Waals surface area contributed by atoms with Crippen molar-refractivity contribution in [2.45, 2.75) is 45.1 Å². The van der Waals surface area contributed by atoms with Crippen LogP contribution in [0.1, 0.15) is 38.8 Å². The average molecular weight is 288 g/mol. The van der Waals surface area contributed by atoms with Gasteiger partial charge in [0.05, 0.1) is 6.07 Å². The van der Waals surface area contributed by atoms with Crippen molar-refractivity contribution in [2.24, 2.45) is 0 Å². The first-order valence-corrected chi connectivity index (χ1v) is 7.84. The van der Waals surface area contributed by atoms with Gasteiger partial charge in [0.15, 0.2) is 0 Å². The highest BCUT2D eigenvalue weighted by Crippen LogP contribution is 2.11. The van der Waals surface area contributed by atoms with Crippen molar-refractivity contribution in [3.63, 3.8) is 0 Å². The number of nitrogens with zero attached hydrogens (tertiary/aromatic N) is 3. The summed E-state index contributed by atoms with van der Waals surface area (Å²) in [6.45, 7) is 7.03. The van der Waals surface area contributed by atoms with E-state index in [1.807, 2.05) is 25.3 Å². The summed E-state index contributed by atoms with van der Waals surface area (Å²) in [7, 11) is 2.13. The normalized spacial score (nSPS) is 13.9. The average Bonchev–Trinajstić information content (AvgIpc) is 2.52. The quantitative estimate of drug-likeness (QED) is 0.719. The van der Waals surface area contributed by atoms with Crippen molar-refractivity contribution in [3.05, 3.63) is 30.1 Å². The van der Waals surface area contributed by atoms with Gasteiger partial charge in [-0.05, 0) is 58.5 Å². The molecule has 21 heavy (non-hydrogen) atoms. The monoisotopic (exact) mass is 288 g/mol. The van der Waals surface area contributed by atoms with Crippen LogP contribution in [0.25, 0.3) is 0 Å². The molecule has 0 spiro atoms. The van der Waals surface area contributed by atoms with Gasteiger partial charge in [-0.15, -0.1) is 0 Å². The molecule has 0 fully saturated rings. The molecule has 0 aliphatic heterocycles. The Bertz CT molecular complexity index is 426. The molecular formula is C17H28N4. The molecule has 0 saturated carbocycles. The molecule has 116 valence electrons. The summed E-state index contributed by atoms with van der Waals surface area (Å²) < 4.78 is 0. The zero-order valence-electron chi connectivity index (χ0n) is 13.6. The van der Waals surface area contributed by atoms with Gasteiger partial charge in [-0.3, -0.25) is 10.3 Å². The summed E-state index contributed by atoms with van der Waals surface area (Å²) in [5.41, 5.74) is 0.744. The van der Waals surface area contributed by atoms with Gasteiger partial charge in [-0.1, -0.05) is 13.0 Å². The van der Waals surface area contributed by atoms with E-state index in [1.165, 1.54) is 0 Å². The van der Waals surface area contributed by atoms with Crippen LogP contribution in [-0.2, 0) is 6.42 Å². The number of nitrogens with one attached hydrogen (secondary N) is 1. The third kappa shape index (κ3) is 7.22. The van der Waals surface area contributed by atoms with E-state index in [0.29, 0.717) is 0 Å². The van der Waals surface area contributed by atoms with E-state index in [-0.39, 0.29) is 0 Å². The lowest BCUT2D eigenvalue weighted by Gasteiger charge is -2.24. The molecule has 4 nitrogen and oxygen atoms in total. The van der Waals surface area contributed by atoms with Crippen LogP contribution in [0.5, 0.6) is 0 Å². The fourth-order valence-corrected chi connectivity index (χ4v) is 2.25. The molecule has 0 saturated heterocycles. The lowest BCUT2D eigenvalue weighted by atomic mass is 9.97. The molecule has 0 aliphatic rings. The standard InChI is InChI=1S/C17H28N4/c1-4-11-20-17(2,15-18)10-7-13-21(3)14-9-16-8-5-6-12-19-16/h5-6,8,12,20H,4,7,9-11,13-14H2,1-3H3. The summed E-state index contributed by atoms with van der Waals surface area (Å²) in [6, 6.07) is 8.44. The predicted molar refractivity (Wildman–Crippen MR) is 87.0 cm³/mol. The van der Waals surface area contributed by atoms with E-state index in [0.717, 1.165) is 51.0 Å². The predicted octanol–water partition coefficient (Wildman–Crippen LogP) is 2.62. The summed E-state index contributed by atoms with van der Waals surface area (Å²) >= 11 is 0. The van der Waals surface area contributed by atoms with Crippen molar-refractivity contribution in [2.75, 3.05) is 26.7 Å². The fourth-order valence-electron chi connectivity index (χ4n) is 2.25.